The molecule has 4 aromatic carbocycles. The van der Waals surface area contributed by atoms with E-state index in [-0.39, 0.29) is 43.8 Å². The van der Waals surface area contributed by atoms with E-state index in [1.165, 1.54) is 31.2 Å². The number of carboxylic acid groups (broad SMARTS) is 3. The molecule has 98 heavy (non-hydrogen) atoms. The van der Waals surface area contributed by atoms with Crippen LogP contribution in [0.25, 0.3) is 10.9 Å². The monoisotopic (exact) mass is 1360 g/mol. The first-order valence-electron chi connectivity index (χ1n) is 31.5. The van der Waals surface area contributed by atoms with Gasteiger partial charge in [0.05, 0.1) is 18.9 Å². The molecule has 5 rings (SSSR count). The molecule has 0 unspecified atom stereocenters. The summed E-state index contributed by atoms with van der Waals surface area (Å²) < 4.78 is 0. The molecule has 1 heterocycles. The fraction of sp³-hybridized carbons (Fsp3) is 0.403. The van der Waals surface area contributed by atoms with Crippen molar-refractivity contribution in [1.29, 1.82) is 0 Å². The van der Waals surface area contributed by atoms with E-state index < -0.39 is 181 Å². The SMILES string of the molecule is CC(C)C[C@H](NC(=O)[C@H](CCC(=O)O)NC(=O)[C@H](C)NC(=O)[C@@H](NC(=O)[C@H](Cc1ccccc1)NC(=O)[C@H](Cc1c[nH]c2ccccc12)NC(=O)[C@H](CC(=O)O)NC(=O)[C@H](Cc1ccc(O)cc1)NC(=O)[C@H](Cc1ccccc1)NC(=O)[C@@H](N)CC(N)=O)C(C)C)C(=O)NCC(=O)O. The highest BCUT2D eigenvalue weighted by Crippen LogP contribution is 2.21. The quantitative estimate of drug-likeness (QED) is 0.0224. The number of benzene rings is 4. The second-order valence-electron chi connectivity index (χ2n) is 24.3. The number of hydrogen-bond donors (Lipinski definition) is 17. The summed E-state index contributed by atoms with van der Waals surface area (Å²) in [7, 11) is 0. The van der Waals surface area contributed by atoms with E-state index in [0.29, 0.717) is 33.2 Å². The highest BCUT2D eigenvalue weighted by atomic mass is 16.4. The van der Waals surface area contributed by atoms with Gasteiger partial charge >= 0.3 is 17.9 Å². The maximum atomic E-state index is 15.1. The molecule has 0 saturated heterocycles. The third kappa shape index (κ3) is 25.5. The zero-order valence-corrected chi connectivity index (χ0v) is 54.6. The maximum absolute atomic E-state index is 15.1. The number of aromatic amines is 1. The Bertz CT molecular complexity index is 3640. The van der Waals surface area contributed by atoms with E-state index in [1.807, 2.05) is 0 Å². The van der Waals surface area contributed by atoms with Crippen LogP contribution in [0.5, 0.6) is 5.75 Å². The number of amides is 11. The van der Waals surface area contributed by atoms with Crippen LogP contribution in [0.1, 0.15) is 89.0 Å². The predicted molar refractivity (Wildman–Crippen MR) is 353 cm³/mol. The molecule has 10 atom stereocenters. The number of primary amides is 1. The zero-order valence-electron chi connectivity index (χ0n) is 54.6. The van der Waals surface area contributed by atoms with Crippen LogP contribution < -0.4 is 64.6 Å². The van der Waals surface area contributed by atoms with E-state index in [9.17, 15) is 77.6 Å². The first-order chi connectivity index (χ1) is 46.4. The fourth-order valence-electron chi connectivity index (χ4n) is 10.2. The van der Waals surface area contributed by atoms with Crippen molar-refractivity contribution in [2.24, 2.45) is 23.3 Å². The van der Waals surface area contributed by atoms with Crippen LogP contribution in [0.15, 0.2) is 115 Å². The summed E-state index contributed by atoms with van der Waals surface area (Å²) in [6.45, 7) is 7.05. The fourth-order valence-corrected chi connectivity index (χ4v) is 10.2. The summed E-state index contributed by atoms with van der Waals surface area (Å²) in [6.07, 6.45) is -2.28. The Kier molecular flexibility index (Phi) is 29.8. The molecule has 5 aromatic rings. The van der Waals surface area contributed by atoms with Gasteiger partial charge < -0.3 is 90.0 Å². The lowest BCUT2D eigenvalue weighted by Gasteiger charge is -2.29. The van der Waals surface area contributed by atoms with Crippen LogP contribution in [0, 0.1) is 11.8 Å². The van der Waals surface area contributed by atoms with Crippen LogP contribution in [-0.4, -0.2) is 175 Å². The molecule has 0 fully saturated rings. The normalized spacial score (nSPS) is 14.2. The number of fused-ring (bicyclic) bond motifs is 1. The Morgan fingerprint density at radius 3 is 1.39 bits per heavy atom. The number of nitrogens with two attached hydrogens (primary N) is 2. The zero-order chi connectivity index (χ0) is 72.3. The van der Waals surface area contributed by atoms with Gasteiger partial charge in [-0.1, -0.05) is 119 Å². The lowest BCUT2D eigenvalue weighted by Crippen LogP contribution is -2.61. The largest absolute Gasteiger partial charge is 0.508 e. The van der Waals surface area contributed by atoms with Gasteiger partial charge in [-0.2, -0.15) is 0 Å². The summed E-state index contributed by atoms with van der Waals surface area (Å²) in [5.41, 5.74) is 13.7. The average molecular weight is 1360 g/mol. The molecule has 31 nitrogen and oxygen atoms in total. The van der Waals surface area contributed by atoms with E-state index >= 15 is 4.79 Å². The number of para-hydroxylation sites is 1. The molecule has 526 valence electrons. The molecule has 19 N–H and O–H groups in total. The van der Waals surface area contributed by atoms with Gasteiger partial charge in [0.15, 0.2) is 0 Å². The smallest absolute Gasteiger partial charge is 0.322 e. The molecule has 31 heteroatoms. The van der Waals surface area contributed by atoms with Crippen molar-refractivity contribution < 1.29 is 87.5 Å². The molecule has 0 radical (unpaired) electrons. The first-order valence-corrected chi connectivity index (χ1v) is 31.5. The Morgan fingerprint density at radius 2 is 0.888 bits per heavy atom. The molecule has 0 aliphatic rings. The molecular weight excluding hydrogens is 1270 g/mol. The average Bonchev–Trinajstić information content (AvgIpc) is 1.61. The van der Waals surface area contributed by atoms with Crippen molar-refractivity contribution in [3.63, 3.8) is 0 Å². The highest BCUT2D eigenvalue weighted by Gasteiger charge is 2.37. The number of carbonyl (C=O) groups excluding carboxylic acids is 11. The van der Waals surface area contributed by atoms with Gasteiger partial charge in [-0.05, 0) is 72.1 Å². The maximum Gasteiger partial charge on any atom is 0.322 e. The molecule has 0 bridgehead atoms. The highest BCUT2D eigenvalue weighted by molar-refractivity contribution is 6.00. The number of rotatable bonds is 39. The minimum absolute atomic E-state index is 0.0290. The van der Waals surface area contributed by atoms with Crippen LogP contribution in [-0.2, 0) is 92.8 Å². The van der Waals surface area contributed by atoms with Gasteiger partial charge in [0.25, 0.3) is 0 Å². The lowest BCUT2D eigenvalue weighted by atomic mass is 9.99. The number of carboxylic acids is 3. The number of aromatic nitrogens is 1. The van der Waals surface area contributed by atoms with Gasteiger partial charge in [0.2, 0.25) is 65.0 Å². The summed E-state index contributed by atoms with van der Waals surface area (Å²) in [5, 5.41) is 64.4. The van der Waals surface area contributed by atoms with Crippen molar-refractivity contribution in [2.75, 3.05) is 6.54 Å². The van der Waals surface area contributed by atoms with E-state index in [4.69, 9.17) is 16.6 Å². The minimum atomic E-state index is -2.00. The van der Waals surface area contributed by atoms with Crippen LogP contribution in [0.3, 0.4) is 0 Å². The van der Waals surface area contributed by atoms with Crippen molar-refractivity contribution in [3.8, 4) is 5.75 Å². The van der Waals surface area contributed by atoms with Gasteiger partial charge in [-0.3, -0.25) is 67.1 Å². The molecule has 0 aliphatic carbocycles. The number of aliphatic carboxylic acids is 3. The topological polar surface area (TPSA) is 508 Å². The van der Waals surface area contributed by atoms with Gasteiger partial charge in [0.1, 0.15) is 66.7 Å². The van der Waals surface area contributed by atoms with E-state index in [1.54, 1.807) is 119 Å². The molecule has 1 aromatic heterocycles. The van der Waals surface area contributed by atoms with Crippen LogP contribution in [0.4, 0.5) is 0 Å². The van der Waals surface area contributed by atoms with Crippen molar-refractivity contribution >= 4 is 93.8 Å². The Labute approximate surface area is 563 Å². The Hall–Kier alpha value is -11.2. The number of carbonyl (C=O) groups is 14. The first kappa shape index (κ1) is 77.5. The third-order valence-corrected chi connectivity index (χ3v) is 15.4. The summed E-state index contributed by atoms with van der Waals surface area (Å²) in [5.74, 6) is -16.3. The number of hydrogen-bond acceptors (Lipinski definition) is 16. The van der Waals surface area contributed by atoms with E-state index in [0.717, 1.165) is 0 Å². The van der Waals surface area contributed by atoms with Crippen molar-refractivity contribution in [3.05, 3.63) is 138 Å². The number of H-pyrrole nitrogens is 1. The van der Waals surface area contributed by atoms with Crippen molar-refractivity contribution in [2.45, 2.75) is 153 Å². The second-order valence-corrected chi connectivity index (χ2v) is 24.3. The molecule has 0 saturated carbocycles. The number of nitrogens with one attached hydrogen (secondary N) is 11. The summed E-state index contributed by atoms with van der Waals surface area (Å²) >= 11 is 0. The van der Waals surface area contributed by atoms with E-state index in [2.05, 4.69) is 58.2 Å². The van der Waals surface area contributed by atoms with Gasteiger partial charge in [-0.25, -0.2) is 0 Å². The van der Waals surface area contributed by atoms with Gasteiger partial charge in [-0.15, -0.1) is 0 Å². The molecular formula is C67H85N13O18. The number of phenolic OH excluding ortho intramolecular Hbond substituents is 1. The van der Waals surface area contributed by atoms with Crippen molar-refractivity contribution in [1.82, 2.24) is 58.2 Å². The Balaban J connectivity index is 1.43. The summed E-state index contributed by atoms with van der Waals surface area (Å²) in [4.78, 5) is 192. The third-order valence-electron chi connectivity index (χ3n) is 15.4. The molecule has 0 spiro atoms. The minimum Gasteiger partial charge on any atom is -0.508 e. The lowest BCUT2D eigenvalue weighted by molar-refractivity contribution is -0.141. The number of phenols is 1. The summed E-state index contributed by atoms with van der Waals surface area (Å²) in [6, 6.07) is 13.4. The molecule has 0 aliphatic heterocycles. The standard InChI is InChI=1S/C67H85N13O18/c1-35(2)26-47(60(91)71-34-56(87)88)75-61(92)46(24-25-54(83)84)73-58(89)37(5)72-67(98)57(36(3)4)80-66(97)50(28-39-16-10-7-11-17-39)77-64(95)51(30-41-33-70-45-19-13-12-18-43(41)45)78-65(96)52(32-55(85)86)79-63(94)49(29-40-20-22-42(81)23-21-40)76-62(93)48(27-38-14-8-6-9-15-38)74-59(90)44(68)31-53(69)82/h6-23,33,35-37,44,46-52,57,70,81H,24-32,34,68H2,1-5H3,(H2,69,82)(H,71,91)(H,72,98)(H,73,89)(H,74,90)(H,75,92)(H,76,93)(H,77,95)(H,78,96)(H,79,94)(H,80,97)(H,83,84)(H,85,86)(H,87,88)/t37-,44-,46-,47-,48-,49-,50-,51-,52-,57-/m0/s1. The van der Waals surface area contributed by atoms with Crippen LogP contribution >= 0.6 is 0 Å². The Morgan fingerprint density at radius 1 is 0.439 bits per heavy atom. The van der Waals surface area contributed by atoms with Crippen LogP contribution in [0.2, 0.25) is 0 Å². The number of aromatic hydroxyl groups is 1. The predicted octanol–water partition coefficient (Wildman–Crippen LogP) is -1.03. The van der Waals surface area contributed by atoms with Gasteiger partial charge in [0, 0.05) is 49.2 Å². The second kappa shape index (κ2) is 37.7. The molecule has 11 amide bonds.